The maximum absolute atomic E-state index is 13.2. The van der Waals surface area contributed by atoms with Gasteiger partial charge in [-0.1, -0.05) is 48.5 Å². The van der Waals surface area contributed by atoms with Gasteiger partial charge in [0.05, 0.1) is 11.3 Å². The number of para-hydroxylation sites is 1. The number of nitrogens with one attached hydrogen (secondary N) is 2. The van der Waals surface area contributed by atoms with E-state index in [2.05, 4.69) is 10.6 Å². The summed E-state index contributed by atoms with van der Waals surface area (Å²) in [6.07, 6.45) is 1.54. The lowest BCUT2D eigenvalue weighted by Gasteiger charge is -2.23. The minimum absolute atomic E-state index is 0.105. The van der Waals surface area contributed by atoms with Crippen LogP contribution < -0.4 is 10.6 Å². The number of carbonyl (C=O) groups is 2. The number of fused-ring (bicyclic) bond motifs is 1. The standard InChI is InChI=1S/C21H21N3O2/c1-24-17-12-6-5-10-15(17)18(19(24)14-8-3-2-4-9-14)21(26)23-16-11-7-13-22-20(16)25/h2-6,8-10,12,16H,7,11,13H2,1H3,(H,22,25)(H,23,26). The smallest absolute Gasteiger partial charge is 0.254 e. The first kappa shape index (κ1) is 16.4. The highest BCUT2D eigenvalue weighted by molar-refractivity contribution is 6.13. The zero-order valence-corrected chi connectivity index (χ0v) is 14.7. The average molecular weight is 347 g/mol. The molecule has 1 aromatic heterocycles. The van der Waals surface area contributed by atoms with Gasteiger partial charge >= 0.3 is 0 Å². The van der Waals surface area contributed by atoms with Crippen LogP contribution in [0.3, 0.4) is 0 Å². The van der Waals surface area contributed by atoms with E-state index in [4.69, 9.17) is 0 Å². The van der Waals surface area contributed by atoms with Gasteiger partial charge in [0.2, 0.25) is 5.91 Å². The topological polar surface area (TPSA) is 63.1 Å². The van der Waals surface area contributed by atoms with Crippen molar-refractivity contribution in [2.75, 3.05) is 6.54 Å². The lowest BCUT2D eigenvalue weighted by atomic mass is 10.0. The molecule has 5 heteroatoms. The Bertz CT molecular complexity index is 976. The molecule has 0 bridgehead atoms. The van der Waals surface area contributed by atoms with Crippen LogP contribution in [-0.2, 0) is 11.8 Å². The summed E-state index contributed by atoms with van der Waals surface area (Å²) in [7, 11) is 1.97. The molecule has 0 spiro atoms. The molecule has 0 aliphatic carbocycles. The Hall–Kier alpha value is -3.08. The fourth-order valence-electron chi connectivity index (χ4n) is 3.70. The summed E-state index contributed by atoms with van der Waals surface area (Å²) < 4.78 is 2.04. The number of nitrogens with zero attached hydrogens (tertiary/aromatic N) is 1. The molecule has 2 aromatic carbocycles. The van der Waals surface area contributed by atoms with Gasteiger partial charge in [0.15, 0.2) is 0 Å². The molecule has 26 heavy (non-hydrogen) atoms. The number of rotatable bonds is 3. The van der Waals surface area contributed by atoms with Crippen LogP contribution in [0, 0.1) is 0 Å². The molecule has 2 amide bonds. The predicted molar refractivity (Wildman–Crippen MR) is 102 cm³/mol. The number of benzene rings is 2. The summed E-state index contributed by atoms with van der Waals surface area (Å²) in [5, 5.41) is 6.65. The van der Waals surface area contributed by atoms with Crippen molar-refractivity contribution >= 4 is 22.7 Å². The van der Waals surface area contributed by atoms with Gasteiger partial charge in [-0.3, -0.25) is 9.59 Å². The molecular weight excluding hydrogens is 326 g/mol. The van der Waals surface area contributed by atoms with Gasteiger partial charge in [-0.2, -0.15) is 0 Å². The second kappa shape index (κ2) is 6.67. The minimum atomic E-state index is -0.473. The summed E-state index contributed by atoms with van der Waals surface area (Å²) in [6.45, 7) is 0.675. The van der Waals surface area contributed by atoms with E-state index >= 15 is 0 Å². The second-order valence-electron chi connectivity index (χ2n) is 6.63. The Morgan fingerprint density at radius 1 is 1.12 bits per heavy atom. The normalized spacial score (nSPS) is 17.1. The number of hydrogen-bond acceptors (Lipinski definition) is 2. The molecule has 1 aliphatic heterocycles. The molecule has 2 heterocycles. The number of hydrogen-bond donors (Lipinski definition) is 2. The van der Waals surface area contributed by atoms with Crippen molar-refractivity contribution < 1.29 is 9.59 Å². The van der Waals surface area contributed by atoms with Crippen LogP contribution in [0.2, 0.25) is 0 Å². The summed E-state index contributed by atoms with van der Waals surface area (Å²) in [5.41, 5.74) is 3.45. The Morgan fingerprint density at radius 2 is 1.85 bits per heavy atom. The maximum atomic E-state index is 13.2. The quantitative estimate of drug-likeness (QED) is 0.765. The second-order valence-corrected chi connectivity index (χ2v) is 6.63. The number of carbonyl (C=O) groups excluding carboxylic acids is 2. The molecule has 0 saturated carbocycles. The van der Waals surface area contributed by atoms with Gasteiger partial charge in [-0.25, -0.2) is 0 Å². The Kier molecular flexibility index (Phi) is 4.21. The van der Waals surface area contributed by atoms with E-state index < -0.39 is 6.04 Å². The number of amides is 2. The lowest BCUT2D eigenvalue weighted by Crippen LogP contribution is -2.50. The van der Waals surface area contributed by atoms with E-state index in [0.29, 0.717) is 18.5 Å². The third-order valence-corrected chi connectivity index (χ3v) is 4.97. The van der Waals surface area contributed by atoms with Gasteiger partial charge < -0.3 is 15.2 Å². The molecule has 1 aliphatic rings. The van der Waals surface area contributed by atoms with Gasteiger partial charge in [-0.15, -0.1) is 0 Å². The van der Waals surface area contributed by atoms with Gasteiger partial charge in [-0.05, 0) is 24.5 Å². The largest absolute Gasteiger partial charge is 0.354 e. The average Bonchev–Trinajstić information content (AvgIpc) is 2.97. The first-order chi connectivity index (χ1) is 12.7. The monoisotopic (exact) mass is 347 g/mol. The molecule has 132 valence electrons. The van der Waals surface area contributed by atoms with Crippen LogP contribution >= 0.6 is 0 Å². The SMILES string of the molecule is Cn1c(-c2ccccc2)c(C(=O)NC2CCCNC2=O)c2ccccc21. The predicted octanol–water partition coefficient (Wildman–Crippen LogP) is 2.85. The van der Waals surface area contributed by atoms with Crippen LogP contribution in [0.5, 0.6) is 0 Å². The Labute approximate surface area is 152 Å². The molecule has 1 saturated heterocycles. The lowest BCUT2D eigenvalue weighted by molar-refractivity contribution is -0.124. The molecule has 1 fully saturated rings. The van der Waals surface area contributed by atoms with Crippen LogP contribution in [0.25, 0.3) is 22.2 Å². The van der Waals surface area contributed by atoms with Gasteiger partial charge in [0, 0.05) is 24.5 Å². The number of piperidine rings is 1. The van der Waals surface area contributed by atoms with Crippen molar-refractivity contribution in [3.8, 4) is 11.3 Å². The molecule has 2 N–H and O–H groups in total. The van der Waals surface area contributed by atoms with Crippen LogP contribution in [0.4, 0.5) is 0 Å². The van der Waals surface area contributed by atoms with Crippen LogP contribution in [0.1, 0.15) is 23.2 Å². The first-order valence-electron chi connectivity index (χ1n) is 8.88. The number of aromatic nitrogens is 1. The summed E-state index contributed by atoms with van der Waals surface area (Å²) in [6, 6.07) is 17.3. The summed E-state index contributed by atoms with van der Waals surface area (Å²) in [5.74, 6) is -0.311. The van der Waals surface area contributed by atoms with E-state index in [1.54, 1.807) is 0 Å². The Morgan fingerprint density at radius 3 is 2.62 bits per heavy atom. The molecule has 5 nitrogen and oxygen atoms in total. The van der Waals surface area contributed by atoms with Crippen molar-refractivity contribution in [2.24, 2.45) is 7.05 Å². The zero-order chi connectivity index (χ0) is 18.1. The third kappa shape index (κ3) is 2.75. The first-order valence-corrected chi connectivity index (χ1v) is 8.88. The molecule has 4 rings (SSSR count). The highest BCUT2D eigenvalue weighted by Gasteiger charge is 2.28. The summed E-state index contributed by atoms with van der Waals surface area (Å²) in [4.78, 5) is 25.2. The molecular formula is C21H21N3O2. The van der Waals surface area contributed by atoms with Crippen LogP contribution in [-0.4, -0.2) is 29.0 Å². The summed E-state index contributed by atoms with van der Waals surface area (Å²) >= 11 is 0. The molecule has 1 atom stereocenters. The van der Waals surface area contributed by atoms with Crippen molar-refractivity contribution in [3.05, 3.63) is 60.2 Å². The van der Waals surface area contributed by atoms with Crippen molar-refractivity contribution in [3.63, 3.8) is 0 Å². The molecule has 3 aromatic rings. The van der Waals surface area contributed by atoms with Gasteiger partial charge in [0.25, 0.3) is 5.91 Å². The van der Waals surface area contributed by atoms with E-state index in [1.807, 2.05) is 66.2 Å². The van der Waals surface area contributed by atoms with Crippen LogP contribution in [0.15, 0.2) is 54.6 Å². The number of aryl methyl sites for hydroxylation is 1. The Balaban J connectivity index is 1.83. The maximum Gasteiger partial charge on any atom is 0.254 e. The molecule has 1 unspecified atom stereocenters. The highest BCUT2D eigenvalue weighted by Crippen LogP contribution is 2.33. The van der Waals surface area contributed by atoms with Gasteiger partial charge in [0.1, 0.15) is 6.04 Å². The van der Waals surface area contributed by atoms with Crippen molar-refractivity contribution in [2.45, 2.75) is 18.9 Å². The minimum Gasteiger partial charge on any atom is -0.354 e. The third-order valence-electron chi connectivity index (χ3n) is 4.97. The fraction of sp³-hybridized carbons (Fsp3) is 0.238. The zero-order valence-electron chi connectivity index (χ0n) is 14.7. The van der Waals surface area contributed by atoms with E-state index in [0.717, 1.165) is 28.6 Å². The highest BCUT2D eigenvalue weighted by atomic mass is 16.2. The van der Waals surface area contributed by atoms with Crippen molar-refractivity contribution in [1.29, 1.82) is 0 Å². The van der Waals surface area contributed by atoms with Crippen molar-refractivity contribution in [1.82, 2.24) is 15.2 Å². The van der Waals surface area contributed by atoms with E-state index in [9.17, 15) is 9.59 Å². The van der Waals surface area contributed by atoms with E-state index in [1.165, 1.54) is 0 Å². The van der Waals surface area contributed by atoms with E-state index in [-0.39, 0.29) is 11.8 Å². The fourth-order valence-corrected chi connectivity index (χ4v) is 3.70. The molecule has 0 radical (unpaired) electrons.